The van der Waals surface area contributed by atoms with Crippen molar-refractivity contribution in [2.75, 3.05) is 0 Å². The van der Waals surface area contributed by atoms with E-state index in [2.05, 4.69) is 6.92 Å². The monoisotopic (exact) mass is 223 g/mol. The van der Waals surface area contributed by atoms with Crippen LogP contribution in [0.1, 0.15) is 29.3 Å². The summed E-state index contributed by atoms with van der Waals surface area (Å²) in [7, 11) is 0. The highest BCUT2D eigenvalue weighted by Crippen LogP contribution is 2.33. The van der Waals surface area contributed by atoms with Gasteiger partial charge in [-0.15, -0.1) is 11.3 Å². The first-order valence-electron chi connectivity index (χ1n) is 5.07. The van der Waals surface area contributed by atoms with Crippen molar-refractivity contribution in [3.8, 4) is 0 Å². The van der Waals surface area contributed by atoms with Gasteiger partial charge in [0.1, 0.15) is 0 Å². The van der Waals surface area contributed by atoms with Crippen molar-refractivity contribution in [1.29, 1.82) is 0 Å². The zero-order valence-corrected chi connectivity index (χ0v) is 9.42. The molecule has 1 atom stereocenters. The van der Waals surface area contributed by atoms with Gasteiger partial charge in [0.05, 0.1) is 4.92 Å². The minimum atomic E-state index is -0.407. The maximum Gasteiger partial charge on any atom is 0.235 e. The quantitative estimate of drug-likeness (QED) is 0.571. The minimum absolute atomic E-state index is 0.407. The lowest BCUT2D eigenvalue weighted by Gasteiger charge is -2.18. The number of nitro groups is 1. The molecule has 0 saturated carbocycles. The standard InChI is InChI=1S/C11H13NO2S/c1-8-2-3-10-9(4-5-12(13)14)7-15-11(10)6-8/h4-5,7-8H,2-3,6H2,1H3. The van der Waals surface area contributed by atoms with E-state index < -0.39 is 4.92 Å². The van der Waals surface area contributed by atoms with E-state index in [4.69, 9.17) is 0 Å². The normalized spacial score (nSPS) is 20.5. The lowest BCUT2D eigenvalue weighted by Crippen LogP contribution is -2.09. The highest BCUT2D eigenvalue weighted by molar-refractivity contribution is 7.10. The van der Waals surface area contributed by atoms with Crippen LogP contribution in [0.4, 0.5) is 0 Å². The van der Waals surface area contributed by atoms with Gasteiger partial charge in [0.2, 0.25) is 6.20 Å². The van der Waals surface area contributed by atoms with Crippen LogP contribution in [0.2, 0.25) is 0 Å². The number of thiophene rings is 1. The second-order valence-electron chi connectivity index (χ2n) is 4.04. The summed E-state index contributed by atoms with van der Waals surface area (Å²) in [6.45, 7) is 2.26. The van der Waals surface area contributed by atoms with Gasteiger partial charge in [0.15, 0.2) is 0 Å². The average molecular weight is 223 g/mol. The summed E-state index contributed by atoms with van der Waals surface area (Å²) in [5.41, 5.74) is 2.37. The van der Waals surface area contributed by atoms with Crippen LogP contribution in [0.3, 0.4) is 0 Å². The SMILES string of the molecule is CC1CCc2c(C=C[N+](=O)[O-])csc2C1. The minimum Gasteiger partial charge on any atom is -0.259 e. The summed E-state index contributed by atoms with van der Waals surface area (Å²) in [5.74, 6) is 0.753. The predicted molar refractivity (Wildman–Crippen MR) is 61.5 cm³/mol. The van der Waals surface area contributed by atoms with Gasteiger partial charge in [-0.05, 0) is 41.7 Å². The van der Waals surface area contributed by atoms with Crippen LogP contribution in [0.25, 0.3) is 6.08 Å². The Hall–Kier alpha value is -1.16. The van der Waals surface area contributed by atoms with Crippen molar-refractivity contribution in [2.24, 2.45) is 5.92 Å². The lowest BCUT2D eigenvalue weighted by molar-refractivity contribution is -0.400. The summed E-state index contributed by atoms with van der Waals surface area (Å²) < 4.78 is 0. The van der Waals surface area contributed by atoms with Gasteiger partial charge in [-0.25, -0.2) is 0 Å². The van der Waals surface area contributed by atoms with E-state index in [1.807, 2.05) is 5.38 Å². The first-order valence-corrected chi connectivity index (χ1v) is 5.95. The molecule has 0 bridgehead atoms. The number of fused-ring (bicyclic) bond motifs is 1. The van der Waals surface area contributed by atoms with Crippen LogP contribution in [0.5, 0.6) is 0 Å². The Kier molecular flexibility index (Phi) is 2.86. The van der Waals surface area contributed by atoms with E-state index in [-0.39, 0.29) is 0 Å². The molecule has 3 nitrogen and oxygen atoms in total. The second kappa shape index (κ2) is 4.14. The average Bonchev–Trinajstić information content (AvgIpc) is 2.57. The third-order valence-corrected chi connectivity index (χ3v) is 3.88. The number of rotatable bonds is 2. The van der Waals surface area contributed by atoms with E-state index >= 15 is 0 Å². The number of hydrogen-bond donors (Lipinski definition) is 0. The molecule has 80 valence electrons. The summed E-state index contributed by atoms with van der Waals surface area (Å²) in [5, 5.41) is 12.3. The van der Waals surface area contributed by atoms with Crippen molar-refractivity contribution in [3.05, 3.63) is 37.7 Å². The van der Waals surface area contributed by atoms with E-state index in [9.17, 15) is 10.1 Å². The Bertz CT molecular complexity index is 409. The summed E-state index contributed by atoms with van der Waals surface area (Å²) >= 11 is 1.73. The molecular formula is C11H13NO2S. The first kappa shape index (κ1) is 10.4. The van der Waals surface area contributed by atoms with E-state index in [1.54, 1.807) is 17.4 Å². The van der Waals surface area contributed by atoms with Gasteiger partial charge in [-0.1, -0.05) is 6.92 Å². The smallest absolute Gasteiger partial charge is 0.235 e. The zero-order chi connectivity index (χ0) is 10.8. The van der Waals surface area contributed by atoms with Crippen LogP contribution >= 0.6 is 11.3 Å². The summed E-state index contributed by atoms with van der Waals surface area (Å²) in [6.07, 6.45) is 6.04. The van der Waals surface area contributed by atoms with Crippen LogP contribution in [0, 0.1) is 16.0 Å². The fourth-order valence-electron chi connectivity index (χ4n) is 1.98. The van der Waals surface area contributed by atoms with Crippen molar-refractivity contribution >= 4 is 17.4 Å². The van der Waals surface area contributed by atoms with E-state index in [1.165, 1.54) is 16.9 Å². The Labute approximate surface area is 92.6 Å². The Morgan fingerprint density at radius 2 is 2.47 bits per heavy atom. The largest absolute Gasteiger partial charge is 0.259 e. The second-order valence-corrected chi connectivity index (χ2v) is 5.01. The molecule has 0 radical (unpaired) electrons. The predicted octanol–water partition coefficient (Wildman–Crippen LogP) is 3.12. The Balaban J connectivity index is 2.24. The third kappa shape index (κ3) is 2.26. The highest BCUT2D eigenvalue weighted by Gasteiger charge is 2.18. The molecule has 1 aromatic heterocycles. The molecule has 0 N–H and O–H groups in total. The molecule has 0 saturated heterocycles. The molecule has 1 heterocycles. The summed E-state index contributed by atoms with van der Waals surface area (Å²) in [6, 6.07) is 0. The van der Waals surface area contributed by atoms with Crippen molar-refractivity contribution in [2.45, 2.75) is 26.2 Å². The maximum atomic E-state index is 10.2. The Morgan fingerprint density at radius 3 is 3.20 bits per heavy atom. The van der Waals surface area contributed by atoms with Gasteiger partial charge in [-0.3, -0.25) is 10.1 Å². The molecular weight excluding hydrogens is 210 g/mol. The molecule has 15 heavy (non-hydrogen) atoms. The molecule has 1 aromatic rings. The van der Waals surface area contributed by atoms with E-state index in [0.29, 0.717) is 0 Å². The molecule has 1 aliphatic rings. The van der Waals surface area contributed by atoms with Crippen molar-refractivity contribution in [1.82, 2.24) is 0 Å². The van der Waals surface area contributed by atoms with Crippen LogP contribution in [0.15, 0.2) is 11.6 Å². The molecule has 0 aromatic carbocycles. The van der Waals surface area contributed by atoms with Crippen LogP contribution in [-0.2, 0) is 12.8 Å². The van der Waals surface area contributed by atoms with Crippen molar-refractivity contribution < 1.29 is 4.92 Å². The van der Waals surface area contributed by atoms with Gasteiger partial charge >= 0.3 is 0 Å². The first-order chi connectivity index (χ1) is 7.16. The molecule has 2 rings (SSSR count). The molecule has 0 aliphatic heterocycles. The number of hydrogen-bond acceptors (Lipinski definition) is 3. The molecule has 0 fully saturated rings. The molecule has 1 aliphatic carbocycles. The molecule has 1 unspecified atom stereocenters. The van der Waals surface area contributed by atoms with Gasteiger partial charge in [0.25, 0.3) is 0 Å². The molecule has 4 heteroatoms. The lowest BCUT2D eigenvalue weighted by atomic mass is 9.88. The highest BCUT2D eigenvalue weighted by atomic mass is 32.1. The Morgan fingerprint density at radius 1 is 1.67 bits per heavy atom. The fourth-order valence-corrected chi connectivity index (χ4v) is 3.22. The maximum absolute atomic E-state index is 10.2. The van der Waals surface area contributed by atoms with E-state index in [0.717, 1.165) is 30.5 Å². The fraction of sp³-hybridized carbons (Fsp3) is 0.455. The zero-order valence-electron chi connectivity index (χ0n) is 8.60. The molecule has 0 amide bonds. The summed E-state index contributed by atoms with van der Waals surface area (Å²) in [4.78, 5) is 11.2. The van der Waals surface area contributed by atoms with Crippen LogP contribution < -0.4 is 0 Å². The number of nitrogens with zero attached hydrogens (tertiary/aromatic N) is 1. The van der Waals surface area contributed by atoms with Gasteiger partial charge < -0.3 is 0 Å². The van der Waals surface area contributed by atoms with Gasteiger partial charge in [0, 0.05) is 11.0 Å². The third-order valence-electron chi connectivity index (χ3n) is 2.81. The molecule has 0 spiro atoms. The van der Waals surface area contributed by atoms with Crippen LogP contribution in [-0.4, -0.2) is 4.92 Å². The topological polar surface area (TPSA) is 43.1 Å². The van der Waals surface area contributed by atoms with Gasteiger partial charge in [-0.2, -0.15) is 0 Å². The van der Waals surface area contributed by atoms with Crippen molar-refractivity contribution in [3.63, 3.8) is 0 Å².